The van der Waals surface area contributed by atoms with Crippen LogP contribution in [-0.2, 0) is 19.2 Å². The van der Waals surface area contributed by atoms with Crippen LogP contribution in [0.3, 0.4) is 0 Å². The van der Waals surface area contributed by atoms with Gasteiger partial charge in [-0.15, -0.1) is 6.58 Å². The van der Waals surface area contributed by atoms with Gasteiger partial charge in [-0.2, -0.15) is 0 Å². The monoisotopic (exact) mass is 595 g/mol. The first-order valence-electron chi connectivity index (χ1n) is 14.7. The zero-order valence-corrected chi connectivity index (χ0v) is 26.2. The molecule has 1 aromatic carbocycles. The van der Waals surface area contributed by atoms with Gasteiger partial charge in [0, 0.05) is 18.7 Å². The molecule has 1 saturated carbocycles. The maximum absolute atomic E-state index is 14.1. The maximum atomic E-state index is 14.1. The first kappa shape index (κ1) is 33.5. The summed E-state index contributed by atoms with van der Waals surface area (Å²) in [6.07, 6.45) is 1.44. The molecule has 1 aliphatic carbocycles. The minimum absolute atomic E-state index is 0.0713. The van der Waals surface area contributed by atoms with Gasteiger partial charge in [0.15, 0.2) is 5.78 Å². The van der Waals surface area contributed by atoms with E-state index in [0.29, 0.717) is 12.1 Å². The SMILES string of the molecule is C=CCNC(=O)C(=O)CNC(=O)[C@@H]1[C@@H]2[C@H](CN1C(=O)[C@@H](NC(=O)N[C@H](C(=O)c1ccccc1)C(C)C)C(C)(C)C)C2(C)C. The van der Waals surface area contributed by atoms with Gasteiger partial charge in [0.05, 0.1) is 12.6 Å². The van der Waals surface area contributed by atoms with Gasteiger partial charge < -0.3 is 26.2 Å². The molecular formula is C32H45N5O6. The van der Waals surface area contributed by atoms with Gasteiger partial charge in [0.2, 0.25) is 17.6 Å². The Bertz CT molecular complexity index is 1270. The van der Waals surface area contributed by atoms with Crippen molar-refractivity contribution in [2.24, 2.45) is 28.6 Å². The summed E-state index contributed by atoms with van der Waals surface area (Å²) in [5, 5.41) is 10.5. The molecule has 0 radical (unpaired) electrons. The minimum atomic E-state index is -1.02. The number of amides is 5. The summed E-state index contributed by atoms with van der Waals surface area (Å²) in [6.45, 7) is 16.5. The molecule has 2 fully saturated rings. The van der Waals surface area contributed by atoms with Crippen LogP contribution in [0.15, 0.2) is 43.0 Å². The van der Waals surface area contributed by atoms with E-state index < -0.39 is 59.6 Å². The molecule has 234 valence electrons. The largest absolute Gasteiger partial charge is 0.347 e. The number of likely N-dealkylation sites (tertiary alicyclic amines) is 1. The van der Waals surface area contributed by atoms with E-state index in [-0.39, 0.29) is 35.5 Å². The van der Waals surface area contributed by atoms with Gasteiger partial charge >= 0.3 is 6.03 Å². The molecule has 1 saturated heterocycles. The highest BCUT2D eigenvalue weighted by molar-refractivity contribution is 6.37. The second-order valence-corrected chi connectivity index (χ2v) is 13.4. The Morgan fingerprint density at radius 2 is 1.65 bits per heavy atom. The molecule has 11 heteroatoms. The van der Waals surface area contributed by atoms with Gasteiger partial charge in [-0.25, -0.2) is 4.79 Å². The Kier molecular flexibility index (Phi) is 10.2. The van der Waals surface area contributed by atoms with E-state index in [2.05, 4.69) is 27.8 Å². The smallest absolute Gasteiger partial charge is 0.316 e. The number of Topliss-reactive ketones (excluding diaryl/α,β-unsaturated/α-hetero) is 2. The Balaban J connectivity index is 1.76. The topological polar surface area (TPSA) is 154 Å². The molecule has 0 unspecified atom stereocenters. The summed E-state index contributed by atoms with van der Waals surface area (Å²) >= 11 is 0. The number of hydrogen-bond acceptors (Lipinski definition) is 6. The van der Waals surface area contributed by atoms with E-state index in [1.165, 1.54) is 11.0 Å². The van der Waals surface area contributed by atoms with Gasteiger partial charge in [-0.05, 0) is 28.6 Å². The Hall–Kier alpha value is -4.02. The summed E-state index contributed by atoms with van der Waals surface area (Å²) in [5.41, 5.74) is -0.461. The second-order valence-electron chi connectivity index (χ2n) is 13.4. The van der Waals surface area contributed by atoms with E-state index in [0.717, 1.165) is 0 Å². The Morgan fingerprint density at radius 3 is 2.21 bits per heavy atom. The van der Waals surface area contributed by atoms with E-state index in [1.807, 2.05) is 27.7 Å². The molecule has 0 aromatic heterocycles. The Morgan fingerprint density at radius 1 is 1.02 bits per heavy atom. The van der Waals surface area contributed by atoms with Crippen LogP contribution in [-0.4, -0.2) is 78.0 Å². The highest BCUT2D eigenvalue weighted by atomic mass is 16.2. The summed E-state index contributed by atoms with van der Waals surface area (Å²) in [6, 6.07) is 5.30. The number of carbonyl (C=O) groups excluding carboxylic acids is 6. The van der Waals surface area contributed by atoms with Crippen LogP contribution in [0.5, 0.6) is 0 Å². The van der Waals surface area contributed by atoms with Crippen LogP contribution in [0.4, 0.5) is 4.79 Å². The number of hydrogen-bond donors (Lipinski definition) is 4. The molecule has 5 amide bonds. The van der Waals surface area contributed by atoms with Gasteiger partial charge in [-0.1, -0.05) is 84.9 Å². The fourth-order valence-corrected chi connectivity index (χ4v) is 5.87. The average molecular weight is 596 g/mol. The van der Waals surface area contributed by atoms with Crippen LogP contribution in [0, 0.1) is 28.6 Å². The molecule has 3 rings (SSSR count). The summed E-state index contributed by atoms with van der Waals surface area (Å²) < 4.78 is 0. The lowest BCUT2D eigenvalue weighted by Crippen LogP contribution is -2.61. The molecule has 1 aromatic rings. The third-order valence-electron chi connectivity index (χ3n) is 8.53. The number of carbonyl (C=O) groups is 6. The van der Waals surface area contributed by atoms with Crippen molar-refractivity contribution in [3.63, 3.8) is 0 Å². The summed E-state index contributed by atoms with van der Waals surface area (Å²) in [5.74, 6) is -3.13. The number of benzene rings is 1. The van der Waals surface area contributed by atoms with Crippen molar-refractivity contribution in [1.29, 1.82) is 0 Å². The van der Waals surface area contributed by atoms with Crippen molar-refractivity contribution >= 4 is 35.3 Å². The number of nitrogens with one attached hydrogen (secondary N) is 4. The Labute approximate surface area is 253 Å². The predicted octanol–water partition coefficient (Wildman–Crippen LogP) is 2.08. The minimum Gasteiger partial charge on any atom is -0.347 e. The fraction of sp³-hybridized carbons (Fsp3) is 0.562. The molecule has 0 bridgehead atoms. The van der Waals surface area contributed by atoms with E-state index >= 15 is 0 Å². The first-order chi connectivity index (χ1) is 20.0. The highest BCUT2D eigenvalue weighted by Crippen LogP contribution is 2.65. The number of ketones is 2. The predicted molar refractivity (Wildman–Crippen MR) is 162 cm³/mol. The first-order valence-corrected chi connectivity index (χ1v) is 14.7. The third kappa shape index (κ3) is 7.50. The van der Waals surface area contributed by atoms with Crippen LogP contribution in [0.2, 0.25) is 0 Å². The number of nitrogens with zero attached hydrogens (tertiary/aromatic N) is 1. The quantitative estimate of drug-likeness (QED) is 0.165. The lowest BCUT2D eigenvalue weighted by molar-refractivity contribution is -0.144. The standard InChI is InChI=1S/C32H45N5O6/c1-9-15-33-27(40)21(38)16-34-28(41)24-22-20(32(22,7)8)17-37(24)29(42)26(31(4,5)6)36-30(43)35-23(18(2)3)25(39)19-13-11-10-12-14-19/h9-14,18,20,22-24,26H,1,15-17H2,2-8H3,(H,33,40)(H,34,41)(H2,35,36,43)/t20-,22-,23-,24-,26+/m0/s1. The van der Waals surface area contributed by atoms with Crippen LogP contribution < -0.4 is 21.3 Å². The molecular weight excluding hydrogens is 550 g/mol. The third-order valence-corrected chi connectivity index (χ3v) is 8.53. The zero-order valence-electron chi connectivity index (χ0n) is 26.2. The number of piperidine rings is 1. The van der Waals surface area contributed by atoms with Gasteiger partial charge in [-0.3, -0.25) is 24.0 Å². The van der Waals surface area contributed by atoms with Crippen LogP contribution in [0.25, 0.3) is 0 Å². The molecule has 2 aliphatic rings. The van der Waals surface area contributed by atoms with Crippen molar-refractivity contribution in [3.05, 3.63) is 48.6 Å². The summed E-state index contributed by atoms with van der Waals surface area (Å²) in [7, 11) is 0. The summed E-state index contributed by atoms with van der Waals surface area (Å²) in [4.78, 5) is 79.5. The van der Waals surface area contributed by atoms with Crippen molar-refractivity contribution in [2.45, 2.75) is 66.6 Å². The average Bonchev–Trinajstić information content (AvgIpc) is 3.26. The van der Waals surface area contributed by atoms with Crippen molar-refractivity contribution in [2.75, 3.05) is 19.6 Å². The molecule has 11 nitrogen and oxygen atoms in total. The van der Waals surface area contributed by atoms with Gasteiger partial charge in [0.1, 0.15) is 12.1 Å². The highest BCUT2D eigenvalue weighted by Gasteiger charge is 2.69. The number of urea groups is 1. The second kappa shape index (κ2) is 13.1. The molecule has 43 heavy (non-hydrogen) atoms. The fourth-order valence-electron chi connectivity index (χ4n) is 5.87. The molecule has 5 atom stereocenters. The molecule has 1 aliphatic heterocycles. The zero-order chi connectivity index (χ0) is 32.3. The molecule has 0 spiro atoms. The van der Waals surface area contributed by atoms with Crippen molar-refractivity contribution in [3.8, 4) is 0 Å². The van der Waals surface area contributed by atoms with E-state index in [4.69, 9.17) is 0 Å². The van der Waals surface area contributed by atoms with Crippen LogP contribution >= 0.6 is 0 Å². The van der Waals surface area contributed by atoms with E-state index in [9.17, 15) is 28.8 Å². The van der Waals surface area contributed by atoms with Crippen molar-refractivity contribution < 1.29 is 28.8 Å². The normalized spacial score (nSPS) is 21.6. The lowest BCUT2D eigenvalue weighted by atomic mass is 9.85. The van der Waals surface area contributed by atoms with Gasteiger partial charge in [0.25, 0.3) is 5.91 Å². The van der Waals surface area contributed by atoms with Crippen molar-refractivity contribution in [1.82, 2.24) is 26.2 Å². The maximum Gasteiger partial charge on any atom is 0.316 e. The van der Waals surface area contributed by atoms with Crippen LogP contribution in [0.1, 0.15) is 58.8 Å². The van der Waals surface area contributed by atoms with E-state index in [1.54, 1.807) is 51.1 Å². The molecule has 4 N–H and O–H groups in total. The molecule has 1 heterocycles. The number of fused-ring (bicyclic) bond motifs is 1. The lowest BCUT2D eigenvalue weighted by Gasteiger charge is -2.37. The number of rotatable bonds is 12.